The summed E-state index contributed by atoms with van der Waals surface area (Å²) in [6.45, 7) is 7.38. The molecule has 2 amide bonds. The molecule has 0 bridgehead atoms. The average Bonchev–Trinajstić information content (AvgIpc) is 3.49. The predicted molar refractivity (Wildman–Crippen MR) is 126 cm³/mol. The zero-order valence-corrected chi connectivity index (χ0v) is 20.5. The van der Waals surface area contributed by atoms with Crippen molar-refractivity contribution in [3.63, 3.8) is 0 Å². The van der Waals surface area contributed by atoms with Crippen molar-refractivity contribution in [3.8, 4) is 0 Å². The molecular weight excluding hydrogens is 477 g/mol. The summed E-state index contributed by atoms with van der Waals surface area (Å²) >= 11 is 6.54. The van der Waals surface area contributed by atoms with Gasteiger partial charge in [-0.05, 0) is 56.4 Å². The maximum atomic E-state index is 13.6. The molecule has 11 heteroatoms. The summed E-state index contributed by atoms with van der Waals surface area (Å²) in [7, 11) is 0. The van der Waals surface area contributed by atoms with Crippen LogP contribution in [0.4, 0.5) is 10.1 Å². The number of carbonyl (C=O) groups is 3. The number of amides is 2. The second-order valence-corrected chi connectivity index (χ2v) is 9.24. The van der Waals surface area contributed by atoms with Gasteiger partial charge in [0.1, 0.15) is 17.6 Å². The first-order valence-electron chi connectivity index (χ1n) is 11.2. The Balaban J connectivity index is 1.62. The number of halogens is 2. The monoisotopic (exact) mass is 501 g/mol. The first-order valence-corrected chi connectivity index (χ1v) is 11.6. The fourth-order valence-electron chi connectivity index (χ4n) is 4.18. The molecule has 9 nitrogen and oxygen atoms in total. The molecule has 3 aromatic rings. The van der Waals surface area contributed by atoms with Crippen LogP contribution >= 0.6 is 11.6 Å². The zero-order chi connectivity index (χ0) is 25.4. The lowest BCUT2D eigenvalue weighted by molar-refractivity contribution is -0.118. The van der Waals surface area contributed by atoms with E-state index in [1.165, 1.54) is 18.2 Å². The van der Waals surface area contributed by atoms with E-state index in [2.05, 4.69) is 20.8 Å². The molecule has 1 aliphatic rings. The first kappa shape index (κ1) is 24.6. The summed E-state index contributed by atoms with van der Waals surface area (Å²) in [5, 5.41) is 9.02. The summed E-state index contributed by atoms with van der Waals surface area (Å²) in [5.41, 5.74) is 1.44. The molecule has 0 aliphatic carbocycles. The third-order valence-corrected chi connectivity index (χ3v) is 6.30. The molecule has 0 saturated carbocycles. The van der Waals surface area contributed by atoms with Crippen molar-refractivity contribution in [2.75, 3.05) is 5.32 Å². The van der Waals surface area contributed by atoms with E-state index < -0.39 is 23.6 Å². The Hall–Kier alpha value is -3.53. The quantitative estimate of drug-likeness (QED) is 0.370. The molecule has 1 atom stereocenters. The van der Waals surface area contributed by atoms with Crippen LogP contribution in [0.2, 0.25) is 5.02 Å². The second kappa shape index (κ2) is 9.61. The molecule has 4 rings (SSSR count). The van der Waals surface area contributed by atoms with Crippen LogP contribution in [-0.2, 0) is 17.8 Å². The smallest absolute Gasteiger partial charge is 0.294 e. The van der Waals surface area contributed by atoms with Gasteiger partial charge in [-0.1, -0.05) is 30.6 Å². The van der Waals surface area contributed by atoms with Crippen LogP contribution in [0.25, 0.3) is 0 Å². The lowest BCUT2D eigenvalue weighted by atomic mass is 10.0. The van der Waals surface area contributed by atoms with Crippen LogP contribution in [0, 0.1) is 25.6 Å². The highest BCUT2D eigenvalue weighted by atomic mass is 35.5. The standard InChI is InChI=1S/C24H25ClFN5O4/c1-11(2)19(24-27-13(4)30-35-24)29-23(34)21(32)20-18(25)17(16-6-5-9-31(16)20)22(33)28-14-7-8-15(26)12(3)10-14/h7-8,10-11,19H,5-6,9H2,1-4H3,(H,28,33)(H,29,34). The fourth-order valence-corrected chi connectivity index (χ4v) is 4.56. The molecule has 2 aromatic heterocycles. The van der Waals surface area contributed by atoms with Crippen molar-refractivity contribution >= 4 is 34.9 Å². The summed E-state index contributed by atoms with van der Waals surface area (Å²) < 4.78 is 20.4. The number of aryl methyl sites for hydroxylation is 2. The van der Waals surface area contributed by atoms with E-state index >= 15 is 0 Å². The van der Waals surface area contributed by atoms with E-state index in [9.17, 15) is 18.8 Å². The maximum absolute atomic E-state index is 13.6. The molecule has 1 aliphatic heterocycles. The minimum Gasteiger partial charge on any atom is -0.340 e. The third kappa shape index (κ3) is 4.70. The highest BCUT2D eigenvalue weighted by Crippen LogP contribution is 2.34. The van der Waals surface area contributed by atoms with Crippen molar-refractivity contribution in [2.45, 2.75) is 53.1 Å². The van der Waals surface area contributed by atoms with Gasteiger partial charge in [-0.2, -0.15) is 4.98 Å². The first-order chi connectivity index (χ1) is 16.6. The molecule has 184 valence electrons. The van der Waals surface area contributed by atoms with Crippen molar-refractivity contribution in [3.05, 3.63) is 63.3 Å². The predicted octanol–water partition coefficient (Wildman–Crippen LogP) is 4.18. The molecule has 3 heterocycles. The second-order valence-electron chi connectivity index (χ2n) is 8.86. The number of hydrogen-bond acceptors (Lipinski definition) is 6. The lowest BCUT2D eigenvalue weighted by Gasteiger charge is -2.18. The van der Waals surface area contributed by atoms with E-state index in [-0.39, 0.29) is 33.9 Å². The lowest BCUT2D eigenvalue weighted by Crippen LogP contribution is -2.37. The van der Waals surface area contributed by atoms with Gasteiger partial charge in [-0.15, -0.1) is 0 Å². The number of benzene rings is 1. The number of anilines is 1. The van der Waals surface area contributed by atoms with Crippen LogP contribution in [0.3, 0.4) is 0 Å². The third-order valence-electron chi connectivity index (χ3n) is 5.93. The molecule has 1 aromatic carbocycles. The summed E-state index contributed by atoms with van der Waals surface area (Å²) in [6, 6.07) is 3.52. The van der Waals surface area contributed by atoms with Gasteiger partial charge < -0.3 is 19.7 Å². The van der Waals surface area contributed by atoms with Crippen molar-refractivity contribution in [1.82, 2.24) is 20.0 Å². The van der Waals surface area contributed by atoms with E-state index in [1.54, 1.807) is 18.4 Å². The minimum absolute atomic E-state index is 0.0404. The van der Waals surface area contributed by atoms with Crippen molar-refractivity contribution < 1.29 is 23.3 Å². The minimum atomic E-state index is -0.894. The van der Waals surface area contributed by atoms with Crippen molar-refractivity contribution in [1.29, 1.82) is 0 Å². The Morgan fingerprint density at radius 3 is 2.60 bits per heavy atom. The van der Waals surface area contributed by atoms with Crippen LogP contribution in [0.1, 0.15) is 70.1 Å². The van der Waals surface area contributed by atoms with Gasteiger partial charge in [0.2, 0.25) is 5.89 Å². The van der Waals surface area contributed by atoms with Crippen LogP contribution in [0.15, 0.2) is 22.7 Å². The molecule has 1 unspecified atom stereocenters. The van der Waals surface area contributed by atoms with Crippen molar-refractivity contribution in [2.24, 2.45) is 5.92 Å². The normalized spacial score (nSPS) is 13.6. The molecule has 35 heavy (non-hydrogen) atoms. The van der Waals surface area contributed by atoms with E-state index in [4.69, 9.17) is 16.1 Å². The van der Waals surface area contributed by atoms with Crippen LogP contribution in [0.5, 0.6) is 0 Å². The van der Waals surface area contributed by atoms with Gasteiger partial charge in [0.05, 0.1) is 10.6 Å². The van der Waals surface area contributed by atoms with Gasteiger partial charge in [0, 0.05) is 17.9 Å². The van der Waals surface area contributed by atoms with Gasteiger partial charge in [-0.3, -0.25) is 14.4 Å². The van der Waals surface area contributed by atoms with Gasteiger partial charge in [0.25, 0.3) is 17.6 Å². The summed E-state index contributed by atoms with van der Waals surface area (Å²) in [4.78, 5) is 43.5. The Bertz CT molecular complexity index is 1330. The SMILES string of the molecule is Cc1noc(C(NC(=O)C(=O)c2c(Cl)c(C(=O)Nc3ccc(F)c(C)c3)c3n2CCC3)C(C)C)n1. The van der Waals surface area contributed by atoms with E-state index in [1.807, 2.05) is 13.8 Å². The Morgan fingerprint density at radius 2 is 1.97 bits per heavy atom. The van der Waals surface area contributed by atoms with Gasteiger partial charge in [0.15, 0.2) is 5.82 Å². The van der Waals surface area contributed by atoms with E-state index in [0.717, 1.165) is 0 Å². The summed E-state index contributed by atoms with van der Waals surface area (Å²) in [5.74, 6) is -2.22. The highest BCUT2D eigenvalue weighted by Gasteiger charge is 2.36. The fraction of sp³-hybridized carbons (Fsp3) is 0.375. The van der Waals surface area contributed by atoms with Gasteiger partial charge in [-0.25, -0.2) is 4.39 Å². The maximum Gasteiger partial charge on any atom is 0.294 e. The Kier molecular flexibility index (Phi) is 6.75. The molecule has 2 N–H and O–H groups in total. The summed E-state index contributed by atoms with van der Waals surface area (Å²) in [6.07, 6.45) is 1.22. The number of rotatable bonds is 7. The van der Waals surface area contributed by atoms with E-state index in [0.29, 0.717) is 42.2 Å². The molecule has 0 radical (unpaired) electrons. The Labute approximate surface area is 206 Å². The molecule has 0 saturated heterocycles. The van der Waals surface area contributed by atoms with Gasteiger partial charge >= 0.3 is 0 Å². The number of nitrogens with zero attached hydrogens (tertiary/aromatic N) is 3. The number of aromatic nitrogens is 3. The zero-order valence-electron chi connectivity index (χ0n) is 19.7. The largest absolute Gasteiger partial charge is 0.340 e. The Morgan fingerprint density at radius 1 is 1.23 bits per heavy atom. The average molecular weight is 502 g/mol. The number of Topliss-reactive ketones (excluding diaryl/α,β-unsaturated/α-hetero) is 1. The number of fused-ring (bicyclic) bond motifs is 1. The molecular formula is C24H25ClFN5O4. The number of carbonyl (C=O) groups excluding carboxylic acids is 3. The highest BCUT2D eigenvalue weighted by molar-refractivity contribution is 6.48. The number of hydrogen-bond donors (Lipinski definition) is 2. The molecule has 0 fully saturated rings. The van der Waals surface area contributed by atoms with Crippen LogP contribution < -0.4 is 10.6 Å². The number of nitrogens with one attached hydrogen (secondary N) is 2. The topological polar surface area (TPSA) is 119 Å². The molecule has 0 spiro atoms. The van der Waals surface area contributed by atoms with Crippen LogP contribution in [-0.4, -0.2) is 32.3 Å². The number of ketones is 1.